The van der Waals surface area contributed by atoms with Gasteiger partial charge in [-0.1, -0.05) is 0 Å². The predicted octanol–water partition coefficient (Wildman–Crippen LogP) is 0.942. The van der Waals surface area contributed by atoms with Crippen LogP contribution < -0.4 is 11.1 Å². The maximum atomic E-state index is 12.7. The smallest absolute Gasteiger partial charge is 0.411 e. The number of sulfonamides is 1. The van der Waals surface area contributed by atoms with Crippen molar-refractivity contribution in [2.75, 3.05) is 18.2 Å². The number of anilines is 2. The molecule has 126 valence electrons. The van der Waals surface area contributed by atoms with E-state index in [2.05, 4.69) is 20.0 Å². The zero-order valence-electron chi connectivity index (χ0n) is 12.8. The van der Waals surface area contributed by atoms with Crippen LogP contribution in [-0.4, -0.2) is 35.9 Å². The Labute approximate surface area is 138 Å². The number of hydrogen-bond donors (Lipinski definition) is 2. The van der Waals surface area contributed by atoms with E-state index in [1.165, 1.54) is 41.9 Å². The first-order valence-electron chi connectivity index (χ1n) is 6.95. The van der Waals surface area contributed by atoms with Gasteiger partial charge >= 0.3 is 6.09 Å². The number of methoxy groups -OCH3 is 1. The second-order valence-corrected chi connectivity index (χ2v) is 7.05. The quantitative estimate of drug-likeness (QED) is 0.844. The van der Waals surface area contributed by atoms with Gasteiger partial charge in [0.25, 0.3) is 0 Å². The minimum atomic E-state index is -3.69. The zero-order chi connectivity index (χ0) is 17.3. The Morgan fingerprint density at radius 1 is 1.29 bits per heavy atom. The van der Waals surface area contributed by atoms with E-state index in [-0.39, 0.29) is 23.9 Å². The van der Waals surface area contributed by atoms with Crippen LogP contribution in [0.2, 0.25) is 0 Å². The van der Waals surface area contributed by atoms with E-state index in [1.54, 1.807) is 0 Å². The molecule has 0 fully saturated rings. The molecule has 0 bridgehead atoms. The average molecular weight is 349 g/mol. The van der Waals surface area contributed by atoms with Crippen LogP contribution in [0.4, 0.5) is 16.4 Å². The summed E-state index contributed by atoms with van der Waals surface area (Å²) in [6, 6.07) is 5.82. The van der Waals surface area contributed by atoms with E-state index in [9.17, 15) is 13.2 Å². The van der Waals surface area contributed by atoms with Crippen molar-refractivity contribution in [2.24, 2.45) is 0 Å². The van der Waals surface area contributed by atoms with Crippen LogP contribution in [-0.2, 0) is 27.8 Å². The standard InChI is InChI=1S/C14H15N5O4S/c1-23-14(20)17-10-2-4-11(5-3-10)24(21,22)19-7-9-6-16-13(15)18-12(9)8-19/h2-6H,7-8H2,1H3,(H,17,20)(H2,15,16,18). The molecule has 0 atom stereocenters. The van der Waals surface area contributed by atoms with Crippen LogP contribution in [0.1, 0.15) is 11.3 Å². The van der Waals surface area contributed by atoms with Crippen molar-refractivity contribution in [2.45, 2.75) is 18.0 Å². The fraction of sp³-hybridized carbons (Fsp3) is 0.214. The van der Waals surface area contributed by atoms with Crippen molar-refractivity contribution in [3.05, 3.63) is 41.7 Å². The van der Waals surface area contributed by atoms with Crippen molar-refractivity contribution >= 4 is 27.8 Å². The highest BCUT2D eigenvalue weighted by Crippen LogP contribution is 2.28. The van der Waals surface area contributed by atoms with Gasteiger partial charge < -0.3 is 10.5 Å². The van der Waals surface area contributed by atoms with Crippen molar-refractivity contribution in [3.8, 4) is 0 Å². The van der Waals surface area contributed by atoms with E-state index in [0.717, 1.165) is 5.56 Å². The zero-order valence-corrected chi connectivity index (χ0v) is 13.6. The molecule has 1 aromatic heterocycles. The molecule has 0 saturated carbocycles. The molecule has 3 rings (SSSR count). The number of carbonyl (C=O) groups is 1. The summed E-state index contributed by atoms with van der Waals surface area (Å²) in [5, 5.41) is 2.46. The molecule has 24 heavy (non-hydrogen) atoms. The van der Waals surface area contributed by atoms with Gasteiger partial charge in [0.05, 0.1) is 24.2 Å². The lowest BCUT2D eigenvalue weighted by Crippen LogP contribution is -2.25. The number of rotatable bonds is 3. The summed E-state index contributed by atoms with van der Waals surface area (Å²) >= 11 is 0. The Bertz CT molecular complexity index is 883. The highest BCUT2D eigenvalue weighted by atomic mass is 32.2. The number of nitrogens with zero attached hydrogens (tertiary/aromatic N) is 3. The molecular formula is C14H15N5O4S. The molecule has 3 N–H and O–H groups in total. The van der Waals surface area contributed by atoms with Gasteiger partial charge in [-0.15, -0.1) is 0 Å². The maximum absolute atomic E-state index is 12.7. The largest absolute Gasteiger partial charge is 0.453 e. The van der Waals surface area contributed by atoms with Gasteiger partial charge in [0, 0.05) is 24.0 Å². The summed E-state index contributed by atoms with van der Waals surface area (Å²) in [6.45, 7) is 0.340. The third-order valence-corrected chi connectivity index (χ3v) is 5.38. The van der Waals surface area contributed by atoms with Crippen LogP contribution >= 0.6 is 0 Å². The number of carbonyl (C=O) groups excluding carboxylic acids is 1. The summed E-state index contributed by atoms with van der Waals surface area (Å²) in [7, 11) is -2.44. The Kier molecular flexibility index (Phi) is 4.08. The number of aromatic nitrogens is 2. The first-order chi connectivity index (χ1) is 11.4. The monoisotopic (exact) mass is 349 g/mol. The number of amides is 1. The van der Waals surface area contributed by atoms with E-state index in [4.69, 9.17) is 5.73 Å². The van der Waals surface area contributed by atoms with Crippen molar-refractivity contribution in [1.29, 1.82) is 0 Å². The van der Waals surface area contributed by atoms with Gasteiger partial charge in [-0.2, -0.15) is 4.31 Å². The minimum absolute atomic E-state index is 0.117. The van der Waals surface area contributed by atoms with Crippen LogP contribution in [0.5, 0.6) is 0 Å². The van der Waals surface area contributed by atoms with Crippen molar-refractivity contribution in [3.63, 3.8) is 0 Å². The van der Waals surface area contributed by atoms with Crippen molar-refractivity contribution < 1.29 is 17.9 Å². The third kappa shape index (κ3) is 3.01. The summed E-state index contributed by atoms with van der Waals surface area (Å²) < 4.78 is 31.2. The normalized spacial score (nSPS) is 14.2. The van der Waals surface area contributed by atoms with Crippen molar-refractivity contribution in [1.82, 2.24) is 14.3 Å². The van der Waals surface area contributed by atoms with Gasteiger partial charge in [0.15, 0.2) is 0 Å². The summed E-state index contributed by atoms with van der Waals surface area (Å²) in [5.41, 5.74) is 7.30. The highest BCUT2D eigenvalue weighted by Gasteiger charge is 2.31. The number of nitrogens with one attached hydrogen (secondary N) is 1. The third-order valence-electron chi connectivity index (χ3n) is 3.57. The second-order valence-electron chi connectivity index (χ2n) is 5.11. The Morgan fingerprint density at radius 3 is 2.67 bits per heavy atom. The summed E-state index contributed by atoms with van der Waals surface area (Å²) in [4.78, 5) is 19.2. The van der Waals surface area contributed by atoms with Gasteiger partial charge in [0.1, 0.15) is 0 Å². The van der Waals surface area contributed by atoms with E-state index < -0.39 is 16.1 Å². The van der Waals surface area contributed by atoms with Gasteiger partial charge in [-0.25, -0.2) is 23.2 Å². The first-order valence-corrected chi connectivity index (χ1v) is 8.39. The molecule has 0 saturated heterocycles. The molecule has 2 aromatic rings. The molecule has 2 heterocycles. The fourth-order valence-corrected chi connectivity index (χ4v) is 3.72. The number of ether oxygens (including phenoxy) is 1. The topological polar surface area (TPSA) is 128 Å². The van der Waals surface area contributed by atoms with Gasteiger partial charge in [-0.3, -0.25) is 5.32 Å². The highest BCUT2D eigenvalue weighted by molar-refractivity contribution is 7.89. The second kappa shape index (κ2) is 6.06. The molecule has 1 aliphatic rings. The van der Waals surface area contributed by atoms with Crippen LogP contribution in [0.15, 0.2) is 35.4 Å². The minimum Gasteiger partial charge on any atom is -0.453 e. The molecule has 1 aromatic carbocycles. The maximum Gasteiger partial charge on any atom is 0.411 e. The lowest BCUT2D eigenvalue weighted by Gasteiger charge is -2.15. The van der Waals surface area contributed by atoms with E-state index in [1.807, 2.05) is 0 Å². The molecule has 1 amide bonds. The predicted molar refractivity (Wildman–Crippen MR) is 85.3 cm³/mol. The Balaban J connectivity index is 1.80. The number of benzene rings is 1. The number of fused-ring (bicyclic) bond motifs is 1. The first kappa shape index (κ1) is 16.1. The molecule has 10 heteroatoms. The molecule has 1 aliphatic heterocycles. The Morgan fingerprint density at radius 2 is 2.00 bits per heavy atom. The summed E-state index contributed by atoms with van der Waals surface area (Å²) in [5.74, 6) is 0.117. The van der Waals surface area contributed by atoms with Crippen LogP contribution in [0, 0.1) is 0 Å². The van der Waals surface area contributed by atoms with E-state index >= 15 is 0 Å². The number of nitrogen functional groups attached to an aromatic ring is 1. The molecule has 9 nitrogen and oxygen atoms in total. The van der Waals surface area contributed by atoms with Gasteiger partial charge in [0.2, 0.25) is 16.0 Å². The lowest BCUT2D eigenvalue weighted by atomic mass is 10.3. The molecule has 0 unspecified atom stereocenters. The molecule has 0 radical (unpaired) electrons. The summed E-state index contributed by atoms with van der Waals surface area (Å²) in [6.07, 6.45) is 0.910. The lowest BCUT2D eigenvalue weighted by molar-refractivity contribution is 0.187. The Hall–Kier alpha value is -2.72. The number of hydrogen-bond acceptors (Lipinski definition) is 7. The van der Waals surface area contributed by atoms with Gasteiger partial charge in [-0.05, 0) is 24.3 Å². The molecular weight excluding hydrogens is 334 g/mol. The average Bonchev–Trinajstić information content (AvgIpc) is 2.99. The van der Waals surface area contributed by atoms with Crippen LogP contribution in [0.25, 0.3) is 0 Å². The number of nitrogens with two attached hydrogens (primary N) is 1. The van der Waals surface area contributed by atoms with Crippen LogP contribution in [0.3, 0.4) is 0 Å². The molecule has 0 aliphatic carbocycles. The SMILES string of the molecule is COC(=O)Nc1ccc(S(=O)(=O)N2Cc3cnc(N)nc3C2)cc1. The molecule has 0 spiro atoms. The fourth-order valence-electron chi connectivity index (χ4n) is 2.34. The van der Waals surface area contributed by atoms with E-state index in [0.29, 0.717) is 11.4 Å².